The number of para-hydroxylation sites is 1. The molecule has 1 fully saturated rings. The van der Waals surface area contributed by atoms with Crippen molar-refractivity contribution in [3.8, 4) is 5.75 Å². The Morgan fingerprint density at radius 1 is 1.33 bits per heavy atom. The van der Waals surface area contributed by atoms with Gasteiger partial charge in [0.05, 0.1) is 12.7 Å². The number of hydrogen-bond donors (Lipinski definition) is 1. The molecule has 2 aliphatic heterocycles. The molecule has 1 aromatic rings. The number of benzene rings is 1. The van der Waals surface area contributed by atoms with Crippen LogP contribution in [0.4, 0.5) is 0 Å². The van der Waals surface area contributed by atoms with E-state index < -0.39 is 0 Å². The number of nitrogens with two attached hydrogens (primary N) is 1. The lowest BCUT2D eigenvalue weighted by Gasteiger charge is -2.38. The van der Waals surface area contributed by atoms with Crippen molar-refractivity contribution in [1.82, 2.24) is 0 Å². The zero-order valence-corrected chi connectivity index (χ0v) is 10.7. The van der Waals surface area contributed by atoms with Crippen LogP contribution in [0.5, 0.6) is 5.75 Å². The van der Waals surface area contributed by atoms with Crippen molar-refractivity contribution in [1.29, 1.82) is 0 Å². The number of hydrogen-bond acceptors (Lipinski definition) is 3. The smallest absolute Gasteiger partial charge is 0.122 e. The largest absolute Gasteiger partial charge is 0.493 e. The van der Waals surface area contributed by atoms with E-state index in [4.69, 9.17) is 15.2 Å². The van der Waals surface area contributed by atoms with Gasteiger partial charge in [0.2, 0.25) is 0 Å². The zero-order valence-electron chi connectivity index (χ0n) is 10.7. The van der Waals surface area contributed by atoms with Crippen LogP contribution in [0.3, 0.4) is 0 Å². The summed E-state index contributed by atoms with van der Waals surface area (Å²) in [6.07, 6.45) is 4.77. The molecular weight excluding hydrogens is 226 g/mol. The minimum Gasteiger partial charge on any atom is -0.493 e. The van der Waals surface area contributed by atoms with Crippen LogP contribution >= 0.6 is 0 Å². The first-order valence-corrected chi connectivity index (χ1v) is 6.84. The molecule has 3 rings (SSSR count). The molecule has 18 heavy (non-hydrogen) atoms. The molecule has 0 saturated carbocycles. The van der Waals surface area contributed by atoms with Crippen molar-refractivity contribution in [2.24, 2.45) is 11.1 Å². The molecule has 0 spiro atoms. The quantitative estimate of drug-likeness (QED) is 0.890. The second kappa shape index (κ2) is 4.90. The van der Waals surface area contributed by atoms with Gasteiger partial charge in [-0.2, -0.15) is 0 Å². The van der Waals surface area contributed by atoms with Gasteiger partial charge in [0.15, 0.2) is 0 Å². The van der Waals surface area contributed by atoms with Crippen LogP contribution in [-0.2, 0) is 11.2 Å². The van der Waals surface area contributed by atoms with Gasteiger partial charge in [-0.3, -0.25) is 0 Å². The van der Waals surface area contributed by atoms with Gasteiger partial charge in [-0.15, -0.1) is 0 Å². The molecule has 0 radical (unpaired) electrons. The molecule has 2 aliphatic rings. The Morgan fingerprint density at radius 3 is 3.00 bits per heavy atom. The van der Waals surface area contributed by atoms with E-state index >= 15 is 0 Å². The summed E-state index contributed by atoms with van der Waals surface area (Å²) in [5, 5.41) is 0. The molecule has 0 aliphatic carbocycles. The minimum atomic E-state index is 0.0589. The summed E-state index contributed by atoms with van der Waals surface area (Å²) in [5.74, 6) is 1.02. The normalized spacial score (nSPS) is 30.8. The highest BCUT2D eigenvalue weighted by Gasteiger charge is 2.37. The van der Waals surface area contributed by atoms with Gasteiger partial charge in [-0.1, -0.05) is 18.2 Å². The Morgan fingerprint density at radius 2 is 2.22 bits per heavy atom. The van der Waals surface area contributed by atoms with Gasteiger partial charge in [0, 0.05) is 18.6 Å². The Hall–Kier alpha value is -1.06. The van der Waals surface area contributed by atoms with Crippen molar-refractivity contribution < 1.29 is 9.47 Å². The van der Waals surface area contributed by atoms with Crippen LogP contribution in [-0.4, -0.2) is 25.9 Å². The average molecular weight is 247 g/mol. The van der Waals surface area contributed by atoms with E-state index in [1.807, 2.05) is 12.1 Å². The first-order chi connectivity index (χ1) is 8.81. The Balaban J connectivity index is 1.77. The topological polar surface area (TPSA) is 44.5 Å². The van der Waals surface area contributed by atoms with Gasteiger partial charge in [0.1, 0.15) is 5.75 Å². The Bertz CT molecular complexity index is 415. The zero-order chi connectivity index (χ0) is 12.4. The van der Waals surface area contributed by atoms with E-state index in [0.717, 1.165) is 31.8 Å². The fourth-order valence-corrected chi connectivity index (χ4v) is 3.11. The van der Waals surface area contributed by atoms with Crippen molar-refractivity contribution in [3.63, 3.8) is 0 Å². The predicted octanol–water partition coefficient (Wildman–Crippen LogP) is 2.14. The molecule has 0 amide bonds. The lowest BCUT2D eigenvalue weighted by molar-refractivity contribution is 0.0325. The van der Waals surface area contributed by atoms with Crippen LogP contribution in [0.25, 0.3) is 0 Å². The molecule has 3 nitrogen and oxygen atoms in total. The van der Waals surface area contributed by atoms with Crippen molar-refractivity contribution in [2.45, 2.75) is 31.8 Å². The Kier molecular flexibility index (Phi) is 3.27. The van der Waals surface area contributed by atoms with E-state index in [0.29, 0.717) is 12.6 Å². The number of rotatable bonds is 3. The molecule has 2 heterocycles. The second-order valence-electron chi connectivity index (χ2n) is 5.62. The first kappa shape index (κ1) is 12.0. The maximum Gasteiger partial charge on any atom is 0.122 e. The van der Waals surface area contributed by atoms with Gasteiger partial charge >= 0.3 is 0 Å². The SMILES string of the molecule is NCC1(CC2CCCO2)COc2ccccc2C1. The molecule has 2 atom stereocenters. The van der Waals surface area contributed by atoms with E-state index in [1.165, 1.54) is 18.4 Å². The molecule has 1 saturated heterocycles. The third-order valence-electron chi connectivity index (χ3n) is 4.19. The van der Waals surface area contributed by atoms with E-state index in [1.54, 1.807) is 0 Å². The summed E-state index contributed by atoms with van der Waals surface area (Å²) in [6, 6.07) is 8.28. The summed E-state index contributed by atoms with van der Waals surface area (Å²) < 4.78 is 11.7. The maximum absolute atomic E-state index is 6.04. The van der Waals surface area contributed by atoms with Crippen LogP contribution in [0.2, 0.25) is 0 Å². The summed E-state index contributed by atoms with van der Waals surface area (Å²) in [7, 11) is 0. The van der Waals surface area contributed by atoms with Crippen LogP contribution in [0.1, 0.15) is 24.8 Å². The summed E-state index contributed by atoms with van der Waals surface area (Å²) in [5.41, 5.74) is 7.38. The van der Waals surface area contributed by atoms with Crippen LogP contribution in [0.15, 0.2) is 24.3 Å². The van der Waals surface area contributed by atoms with E-state index in [9.17, 15) is 0 Å². The third kappa shape index (κ3) is 2.25. The van der Waals surface area contributed by atoms with E-state index in [2.05, 4.69) is 12.1 Å². The van der Waals surface area contributed by atoms with Crippen molar-refractivity contribution in [2.75, 3.05) is 19.8 Å². The molecule has 0 aromatic heterocycles. The average Bonchev–Trinajstić information content (AvgIpc) is 2.91. The molecule has 2 N–H and O–H groups in total. The molecule has 0 bridgehead atoms. The standard InChI is InChI=1S/C15H21NO2/c16-10-15(9-13-5-3-7-17-13)8-12-4-1-2-6-14(12)18-11-15/h1-2,4,6,13H,3,5,7-11,16H2. The van der Waals surface area contributed by atoms with Gasteiger partial charge in [0.25, 0.3) is 0 Å². The predicted molar refractivity (Wildman–Crippen MR) is 70.7 cm³/mol. The van der Waals surface area contributed by atoms with Crippen molar-refractivity contribution >= 4 is 0 Å². The lowest BCUT2D eigenvalue weighted by Crippen LogP contribution is -2.43. The number of ether oxygens (including phenoxy) is 2. The van der Waals surface area contributed by atoms with Crippen molar-refractivity contribution in [3.05, 3.63) is 29.8 Å². The summed E-state index contributed by atoms with van der Waals surface area (Å²) >= 11 is 0. The molecule has 3 heteroatoms. The molecule has 98 valence electrons. The summed E-state index contributed by atoms with van der Waals surface area (Å²) in [4.78, 5) is 0. The molecule has 1 aromatic carbocycles. The first-order valence-electron chi connectivity index (χ1n) is 6.84. The second-order valence-corrected chi connectivity index (χ2v) is 5.62. The molecular formula is C15H21NO2. The van der Waals surface area contributed by atoms with E-state index in [-0.39, 0.29) is 5.41 Å². The fourth-order valence-electron chi connectivity index (χ4n) is 3.11. The van der Waals surface area contributed by atoms with Gasteiger partial charge in [-0.25, -0.2) is 0 Å². The monoisotopic (exact) mass is 247 g/mol. The highest BCUT2D eigenvalue weighted by atomic mass is 16.5. The lowest BCUT2D eigenvalue weighted by atomic mass is 9.76. The summed E-state index contributed by atoms with van der Waals surface area (Å²) in [6.45, 7) is 2.30. The highest BCUT2D eigenvalue weighted by molar-refractivity contribution is 5.36. The maximum atomic E-state index is 6.04. The van der Waals surface area contributed by atoms with Crippen LogP contribution in [0, 0.1) is 5.41 Å². The molecule has 2 unspecified atom stereocenters. The highest BCUT2D eigenvalue weighted by Crippen LogP contribution is 2.38. The third-order valence-corrected chi connectivity index (χ3v) is 4.19. The minimum absolute atomic E-state index is 0.0589. The van der Waals surface area contributed by atoms with Gasteiger partial charge in [-0.05, 0) is 37.3 Å². The Labute approximate surface area is 108 Å². The number of fused-ring (bicyclic) bond motifs is 1. The fraction of sp³-hybridized carbons (Fsp3) is 0.600. The van der Waals surface area contributed by atoms with Gasteiger partial charge < -0.3 is 15.2 Å². The van der Waals surface area contributed by atoms with Crippen LogP contribution < -0.4 is 10.5 Å².